The predicted octanol–water partition coefficient (Wildman–Crippen LogP) is 1.38. The molecule has 1 heterocycles. The minimum Gasteiger partial charge on any atom is -0.314 e. The maximum Gasteiger partial charge on any atom is 0.281 e. The van der Waals surface area contributed by atoms with Crippen molar-refractivity contribution in [1.29, 1.82) is 0 Å². The van der Waals surface area contributed by atoms with Crippen molar-refractivity contribution < 1.29 is 8.42 Å². The van der Waals surface area contributed by atoms with E-state index >= 15 is 0 Å². The number of nitrogens with zero attached hydrogens (tertiary/aromatic N) is 2. The van der Waals surface area contributed by atoms with Gasteiger partial charge in [0.2, 0.25) is 0 Å². The second-order valence-corrected chi connectivity index (χ2v) is 9.78. The molecule has 1 N–H and O–H groups in total. The van der Waals surface area contributed by atoms with E-state index < -0.39 is 10.2 Å². The van der Waals surface area contributed by atoms with Crippen LogP contribution in [-0.2, 0) is 10.2 Å². The zero-order chi connectivity index (χ0) is 15.3. The van der Waals surface area contributed by atoms with Gasteiger partial charge in [0, 0.05) is 43.2 Å². The van der Waals surface area contributed by atoms with E-state index in [1.54, 1.807) is 11.4 Å². The lowest BCUT2D eigenvalue weighted by molar-refractivity contribution is 0.351. The average molecular weight is 324 g/mol. The van der Waals surface area contributed by atoms with Crippen molar-refractivity contribution >= 4 is 22.0 Å². The third-order valence-electron chi connectivity index (χ3n) is 3.31. The van der Waals surface area contributed by atoms with E-state index in [0.717, 1.165) is 13.0 Å². The topological polar surface area (TPSA) is 52.7 Å². The minimum atomic E-state index is -3.30. The van der Waals surface area contributed by atoms with Crippen LogP contribution in [0.15, 0.2) is 0 Å². The van der Waals surface area contributed by atoms with E-state index in [9.17, 15) is 8.42 Å². The number of hydrogen-bond donors (Lipinski definition) is 1. The standard InChI is InChI=1S/C13H29N3O2S2/c1-11(2)14-7-6-8-15(5)20(17,18)16-9-12(3)19-13(4)10-16/h11-14H,6-10H2,1-5H3. The van der Waals surface area contributed by atoms with Gasteiger partial charge in [-0.15, -0.1) is 0 Å². The molecule has 0 aliphatic carbocycles. The van der Waals surface area contributed by atoms with Crippen LogP contribution in [0.4, 0.5) is 0 Å². The molecule has 0 spiro atoms. The van der Waals surface area contributed by atoms with Crippen LogP contribution in [0.25, 0.3) is 0 Å². The lowest BCUT2D eigenvalue weighted by atomic mass is 10.3. The van der Waals surface area contributed by atoms with Gasteiger partial charge in [0.1, 0.15) is 0 Å². The Morgan fingerprint density at radius 3 is 2.35 bits per heavy atom. The predicted molar refractivity (Wildman–Crippen MR) is 87.4 cm³/mol. The molecule has 0 amide bonds. The normalized spacial score (nSPS) is 25.6. The molecule has 1 rings (SSSR count). The fourth-order valence-electron chi connectivity index (χ4n) is 2.32. The van der Waals surface area contributed by atoms with Crippen LogP contribution < -0.4 is 5.32 Å². The molecule has 20 heavy (non-hydrogen) atoms. The first-order valence-corrected chi connectivity index (χ1v) is 9.67. The van der Waals surface area contributed by atoms with Crippen molar-refractivity contribution in [2.75, 3.05) is 33.2 Å². The Kier molecular flexibility index (Phi) is 7.28. The summed E-state index contributed by atoms with van der Waals surface area (Å²) in [5.74, 6) is 0. The molecule has 0 aromatic carbocycles. The Morgan fingerprint density at radius 1 is 1.30 bits per heavy atom. The van der Waals surface area contributed by atoms with Gasteiger partial charge in [0.15, 0.2) is 0 Å². The van der Waals surface area contributed by atoms with Crippen molar-refractivity contribution in [2.45, 2.75) is 50.7 Å². The van der Waals surface area contributed by atoms with Gasteiger partial charge in [-0.2, -0.15) is 28.8 Å². The Balaban J connectivity index is 2.50. The van der Waals surface area contributed by atoms with Crippen molar-refractivity contribution in [1.82, 2.24) is 13.9 Å². The molecule has 1 aliphatic heterocycles. The first kappa shape index (κ1) is 18.2. The second-order valence-electron chi connectivity index (χ2n) is 5.87. The molecule has 1 aliphatic rings. The zero-order valence-electron chi connectivity index (χ0n) is 13.3. The van der Waals surface area contributed by atoms with Crippen LogP contribution >= 0.6 is 11.8 Å². The lowest BCUT2D eigenvalue weighted by Crippen LogP contribution is -2.49. The molecule has 0 aromatic heterocycles. The van der Waals surface area contributed by atoms with Gasteiger partial charge in [0.05, 0.1) is 0 Å². The molecule has 0 bridgehead atoms. The smallest absolute Gasteiger partial charge is 0.281 e. The average Bonchev–Trinajstić information content (AvgIpc) is 2.32. The van der Waals surface area contributed by atoms with Crippen LogP contribution in [0.3, 0.4) is 0 Å². The van der Waals surface area contributed by atoms with Crippen LogP contribution in [0.5, 0.6) is 0 Å². The first-order chi connectivity index (χ1) is 9.23. The van der Waals surface area contributed by atoms with Gasteiger partial charge >= 0.3 is 0 Å². The summed E-state index contributed by atoms with van der Waals surface area (Å²) >= 11 is 1.86. The zero-order valence-corrected chi connectivity index (χ0v) is 14.9. The highest BCUT2D eigenvalue weighted by atomic mass is 32.2. The van der Waals surface area contributed by atoms with E-state index in [-0.39, 0.29) is 0 Å². The second kappa shape index (κ2) is 7.98. The third-order valence-corrected chi connectivity index (χ3v) is 6.46. The summed E-state index contributed by atoms with van der Waals surface area (Å²) in [5, 5.41) is 4.04. The van der Waals surface area contributed by atoms with E-state index in [0.29, 0.717) is 36.2 Å². The molecular weight excluding hydrogens is 294 g/mol. The summed E-state index contributed by atoms with van der Waals surface area (Å²) in [7, 11) is -1.62. The molecule has 0 saturated carbocycles. The number of hydrogen-bond acceptors (Lipinski definition) is 4. The van der Waals surface area contributed by atoms with Gasteiger partial charge in [-0.1, -0.05) is 27.7 Å². The quantitative estimate of drug-likeness (QED) is 0.719. The van der Waals surface area contributed by atoms with Gasteiger partial charge in [-0.05, 0) is 13.0 Å². The van der Waals surface area contributed by atoms with Crippen LogP contribution in [0, 0.1) is 0 Å². The largest absolute Gasteiger partial charge is 0.314 e. The van der Waals surface area contributed by atoms with Crippen molar-refractivity contribution in [2.24, 2.45) is 0 Å². The van der Waals surface area contributed by atoms with Crippen LogP contribution in [-0.4, -0.2) is 66.8 Å². The minimum absolute atomic E-state index is 0.365. The highest BCUT2D eigenvalue weighted by molar-refractivity contribution is 8.00. The number of thioether (sulfide) groups is 1. The monoisotopic (exact) mass is 323 g/mol. The summed E-state index contributed by atoms with van der Waals surface area (Å²) in [6, 6.07) is 0.442. The van der Waals surface area contributed by atoms with Crippen LogP contribution in [0.1, 0.15) is 34.1 Å². The lowest BCUT2D eigenvalue weighted by Gasteiger charge is -2.35. The van der Waals surface area contributed by atoms with E-state index in [2.05, 4.69) is 33.0 Å². The van der Waals surface area contributed by atoms with E-state index in [1.807, 2.05) is 11.8 Å². The highest BCUT2D eigenvalue weighted by Crippen LogP contribution is 2.27. The molecule has 120 valence electrons. The van der Waals surface area contributed by atoms with Crippen LogP contribution in [0.2, 0.25) is 0 Å². The first-order valence-electron chi connectivity index (χ1n) is 7.33. The van der Waals surface area contributed by atoms with Crippen molar-refractivity contribution in [3.63, 3.8) is 0 Å². The van der Waals surface area contributed by atoms with Crippen molar-refractivity contribution in [3.05, 3.63) is 0 Å². The summed E-state index contributed by atoms with van der Waals surface area (Å²) in [5.41, 5.74) is 0. The SMILES string of the molecule is CC(C)NCCCN(C)S(=O)(=O)N1CC(C)SC(C)C1. The van der Waals surface area contributed by atoms with Gasteiger partial charge in [-0.3, -0.25) is 0 Å². The molecule has 7 heteroatoms. The summed E-state index contributed by atoms with van der Waals surface area (Å²) in [6.45, 7) is 11.0. The maximum absolute atomic E-state index is 12.5. The Morgan fingerprint density at radius 2 is 1.85 bits per heavy atom. The fraction of sp³-hybridized carbons (Fsp3) is 1.00. The molecule has 2 atom stereocenters. The Hall–Kier alpha value is 0.180. The van der Waals surface area contributed by atoms with Gasteiger partial charge in [-0.25, -0.2) is 0 Å². The number of nitrogens with one attached hydrogen (secondary N) is 1. The van der Waals surface area contributed by atoms with E-state index in [1.165, 1.54) is 4.31 Å². The highest BCUT2D eigenvalue weighted by Gasteiger charge is 2.33. The van der Waals surface area contributed by atoms with Gasteiger partial charge < -0.3 is 5.32 Å². The number of rotatable bonds is 7. The van der Waals surface area contributed by atoms with Crippen molar-refractivity contribution in [3.8, 4) is 0 Å². The molecular formula is C13H29N3O2S2. The molecule has 1 saturated heterocycles. The Bertz CT molecular complexity index is 377. The molecule has 0 radical (unpaired) electrons. The molecule has 2 unspecified atom stereocenters. The molecule has 1 fully saturated rings. The molecule has 0 aromatic rings. The van der Waals surface area contributed by atoms with E-state index in [4.69, 9.17) is 0 Å². The third kappa shape index (κ3) is 5.52. The molecule has 5 nitrogen and oxygen atoms in total. The Labute approximate surface area is 128 Å². The fourth-order valence-corrected chi connectivity index (χ4v) is 5.42. The summed E-state index contributed by atoms with van der Waals surface area (Å²) in [4.78, 5) is 0. The summed E-state index contributed by atoms with van der Waals surface area (Å²) in [6.07, 6.45) is 0.835. The maximum atomic E-state index is 12.5. The van der Waals surface area contributed by atoms with Gasteiger partial charge in [0.25, 0.3) is 10.2 Å². The summed E-state index contributed by atoms with van der Waals surface area (Å²) < 4.78 is 28.2.